The number of amides is 1. The molecule has 0 saturated carbocycles. The minimum atomic E-state index is 0.0756. The molecule has 0 unspecified atom stereocenters. The Labute approximate surface area is 156 Å². The first-order chi connectivity index (χ1) is 12.8. The van der Waals surface area contributed by atoms with Gasteiger partial charge in [0.15, 0.2) is 0 Å². The number of aromatic nitrogens is 3. The summed E-state index contributed by atoms with van der Waals surface area (Å²) >= 11 is 1.73. The molecule has 0 aliphatic carbocycles. The highest BCUT2D eigenvalue weighted by atomic mass is 32.1. The van der Waals surface area contributed by atoms with Crippen LogP contribution in [0.25, 0.3) is 5.69 Å². The molecular weight excluding hydrogens is 346 g/mol. The summed E-state index contributed by atoms with van der Waals surface area (Å²) in [5, 5.41) is 12.0. The zero-order chi connectivity index (χ0) is 17.8. The number of hydrogen-bond donors (Lipinski definition) is 0. The van der Waals surface area contributed by atoms with Gasteiger partial charge in [-0.3, -0.25) is 14.3 Å². The molecule has 3 heterocycles. The van der Waals surface area contributed by atoms with Gasteiger partial charge in [-0.2, -0.15) is 11.3 Å². The Bertz CT molecular complexity index is 847. The SMILES string of the molecule is O=C(c1ccccc1-n1cnnc1)N1CCCN(Cc2ccsc2)CC1. The fourth-order valence-electron chi connectivity index (χ4n) is 3.35. The second-order valence-corrected chi connectivity index (χ2v) is 7.22. The molecule has 1 aromatic carbocycles. The maximum Gasteiger partial charge on any atom is 0.256 e. The van der Waals surface area contributed by atoms with Crippen LogP contribution in [0.15, 0.2) is 53.7 Å². The number of carbonyl (C=O) groups excluding carboxylic acids is 1. The van der Waals surface area contributed by atoms with Crippen molar-refractivity contribution in [1.82, 2.24) is 24.6 Å². The average Bonchev–Trinajstić information content (AvgIpc) is 3.33. The van der Waals surface area contributed by atoms with E-state index in [0.29, 0.717) is 5.56 Å². The molecular formula is C19H21N5OS. The van der Waals surface area contributed by atoms with E-state index in [1.54, 1.807) is 28.6 Å². The Hall–Kier alpha value is -2.51. The largest absolute Gasteiger partial charge is 0.337 e. The fourth-order valence-corrected chi connectivity index (χ4v) is 4.01. The lowest BCUT2D eigenvalue weighted by Crippen LogP contribution is -2.35. The predicted octanol–water partition coefficient (Wildman–Crippen LogP) is 2.68. The summed E-state index contributed by atoms with van der Waals surface area (Å²) in [5.74, 6) is 0.0756. The van der Waals surface area contributed by atoms with Crippen LogP contribution in [-0.2, 0) is 6.54 Å². The summed E-state index contributed by atoms with van der Waals surface area (Å²) < 4.78 is 1.79. The Morgan fingerprint density at radius 2 is 1.88 bits per heavy atom. The van der Waals surface area contributed by atoms with Gasteiger partial charge >= 0.3 is 0 Å². The molecule has 26 heavy (non-hydrogen) atoms. The molecule has 1 aliphatic rings. The van der Waals surface area contributed by atoms with Crippen LogP contribution in [-0.4, -0.2) is 56.7 Å². The zero-order valence-electron chi connectivity index (χ0n) is 14.5. The van der Waals surface area contributed by atoms with Crippen molar-refractivity contribution in [3.05, 3.63) is 64.9 Å². The highest BCUT2D eigenvalue weighted by Crippen LogP contribution is 2.18. The van der Waals surface area contributed by atoms with Gasteiger partial charge in [0.1, 0.15) is 12.7 Å². The summed E-state index contributed by atoms with van der Waals surface area (Å²) in [6.45, 7) is 4.42. The fraction of sp³-hybridized carbons (Fsp3) is 0.316. The number of rotatable bonds is 4. The Morgan fingerprint density at radius 3 is 2.69 bits per heavy atom. The van der Waals surface area contributed by atoms with Crippen molar-refractivity contribution in [1.29, 1.82) is 0 Å². The van der Waals surface area contributed by atoms with E-state index >= 15 is 0 Å². The molecule has 6 nitrogen and oxygen atoms in total. The van der Waals surface area contributed by atoms with Crippen LogP contribution in [0.1, 0.15) is 22.3 Å². The zero-order valence-corrected chi connectivity index (χ0v) is 15.3. The van der Waals surface area contributed by atoms with Gasteiger partial charge in [-0.15, -0.1) is 10.2 Å². The third-order valence-electron chi connectivity index (χ3n) is 4.69. The van der Waals surface area contributed by atoms with E-state index in [-0.39, 0.29) is 5.91 Å². The minimum absolute atomic E-state index is 0.0756. The molecule has 0 atom stereocenters. The van der Waals surface area contributed by atoms with Gasteiger partial charge in [0.05, 0.1) is 11.3 Å². The first-order valence-corrected chi connectivity index (χ1v) is 9.72. The first kappa shape index (κ1) is 16.9. The van der Waals surface area contributed by atoms with Gasteiger partial charge < -0.3 is 4.90 Å². The maximum atomic E-state index is 13.1. The quantitative estimate of drug-likeness (QED) is 0.711. The molecule has 1 aliphatic heterocycles. The maximum absolute atomic E-state index is 13.1. The standard InChI is InChI=1S/C19H21N5OS/c25-19(17-4-1-2-5-18(17)24-14-20-21-15-24)23-8-3-7-22(9-10-23)12-16-6-11-26-13-16/h1-2,4-6,11,13-15H,3,7-10,12H2. The molecule has 0 radical (unpaired) electrons. The van der Waals surface area contributed by atoms with Crippen LogP contribution in [0.5, 0.6) is 0 Å². The van der Waals surface area contributed by atoms with Crippen LogP contribution < -0.4 is 0 Å². The smallest absolute Gasteiger partial charge is 0.256 e. The van der Waals surface area contributed by atoms with Crippen molar-refractivity contribution in [2.75, 3.05) is 26.2 Å². The van der Waals surface area contributed by atoms with Gasteiger partial charge in [0, 0.05) is 32.7 Å². The molecule has 1 amide bonds. The van der Waals surface area contributed by atoms with Crippen LogP contribution >= 0.6 is 11.3 Å². The molecule has 1 fully saturated rings. The number of nitrogens with zero attached hydrogens (tertiary/aromatic N) is 5. The molecule has 0 spiro atoms. The molecule has 2 aromatic heterocycles. The van der Waals surface area contributed by atoms with Gasteiger partial charge in [0.25, 0.3) is 5.91 Å². The van der Waals surface area contributed by atoms with Crippen molar-refractivity contribution in [2.45, 2.75) is 13.0 Å². The highest BCUT2D eigenvalue weighted by molar-refractivity contribution is 7.07. The van der Waals surface area contributed by atoms with Gasteiger partial charge in [0.2, 0.25) is 0 Å². The normalized spacial score (nSPS) is 15.8. The lowest BCUT2D eigenvalue weighted by molar-refractivity contribution is 0.0761. The van der Waals surface area contributed by atoms with Gasteiger partial charge in [-0.1, -0.05) is 12.1 Å². The van der Waals surface area contributed by atoms with Crippen molar-refractivity contribution in [2.24, 2.45) is 0 Å². The van der Waals surface area contributed by atoms with Crippen molar-refractivity contribution < 1.29 is 4.79 Å². The highest BCUT2D eigenvalue weighted by Gasteiger charge is 2.22. The summed E-state index contributed by atoms with van der Waals surface area (Å²) in [7, 11) is 0. The summed E-state index contributed by atoms with van der Waals surface area (Å²) in [5.41, 5.74) is 2.87. The molecule has 134 valence electrons. The van der Waals surface area contributed by atoms with Crippen LogP contribution in [0.3, 0.4) is 0 Å². The summed E-state index contributed by atoms with van der Waals surface area (Å²) in [6, 6.07) is 9.82. The van der Waals surface area contributed by atoms with E-state index in [0.717, 1.165) is 44.8 Å². The number of para-hydroxylation sites is 1. The minimum Gasteiger partial charge on any atom is -0.337 e. The van der Waals surface area contributed by atoms with E-state index < -0.39 is 0 Å². The van der Waals surface area contributed by atoms with Crippen molar-refractivity contribution in [3.63, 3.8) is 0 Å². The third-order valence-corrected chi connectivity index (χ3v) is 5.43. The van der Waals surface area contributed by atoms with Crippen molar-refractivity contribution in [3.8, 4) is 5.69 Å². The summed E-state index contributed by atoms with van der Waals surface area (Å²) in [6.07, 6.45) is 4.24. The second kappa shape index (κ2) is 7.80. The molecule has 4 rings (SSSR count). The predicted molar refractivity (Wildman–Crippen MR) is 101 cm³/mol. The molecule has 1 saturated heterocycles. The molecule has 7 heteroatoms. The Morgan fingerprint density at radius 1 is 1.04 bits per heavy atom. The van der Waals surface area contributed by atoms with Crippen molar-refractivity contribution >= 4 is 17.2 Å². The lowest BCUT2D eigenvalue weighted by atomic mass is 10.1. The first-order valence-electron chi connectivity index (χ1n) is 8.78. The topological polar surface area (TPSA) is 54.3 Å². The number of thiophene rings is 1. The second-order valence-electron chi connectivity index (χ2n) is 6.44. The third kappa shape index (κ3) is 3.68. The van der Waals surface area contributed by atoms with E-state index in [4.69, 9.17) is 0 Å². The van der Waals surface area contributed by atoms with E-state index in [2.05, 4.69) is 31.9 Å². The number of carbonyl (C=O) groups is 1. The van der Waals surface area contributed by atoms with Crippen LogP contribution in [0.2, 0.25) is 0 Å². The van der Waals surface area contributed by atoms with E-state index in [1.807, 2.05) is 29.2 Å². The van der Waals surface area contributed by atoms with Gasteiger partial charge in [-0.25, -0.2) is 0 Å². The van der Waals surface area contributed by atoms with E-state index in [1.165, 1.54) is 5.56 Å². The Balaban J connectivity index is 1.47. The van der Waals surface area contributed by atoms with E-state index in [9.17, 15) is 4.79 Å². The molecule has 0 bridgehead atoms. The van der Waals surface area contributed by atoms with Crippen LogP contribution in [0.4, 0.5) is 0 Å². The lowest BCUT2D eigenvalue weighted by Gasteiger charge is -2.23. The monoisotopic (exact) mass is 367 g/mol. The van der Waals surface area contributed by atoms with Crippen LogP contribution in [0, 0.1) is 0 Å². The van der Waals surface area contributed by atoms with Gasteiger partial charge in [-0.05, 0) is 40.9 Å². The average molecular weight is 367 g/mol. The number of benzene rings is 1. The molecule has 3 aromatic rings. The number of hydrogen-bond acceptors (Lipinski definition) is 5. The molecule has 0 N–H and O–H groups in total. The Kier molecular flexibility index (Phi) is 5.08. The summed E-state index contributed by atoms with van der Waals surface area (Å²) in [4.78, 5) is 17.5.